The van der Waals surface area contributed by atoms with Crippen molar-refractivity contribution in [2.45, 2.75) is 11.8 Å². The second-order valence-electron chi connectivity index (χ2n) is 5.43. The molecule has 0 N–H and O–H groups in total. The first kappa shape index (κ1) is 18.3. The van der Waals surface area contributed by atoms with E-state index in [1.807, 2.05) is 13.0 Å². The Bertz CT molecular complexity index is 738. The molecule has 0 amide bonds. The van der Waals surface area contributed by atoms with E-state index in [9.17, 15) is 16.8 Å². The Kier molecular flexibility index (Phi) is 5.79. The zero-order chi connectivity index (χ0) is 17.1. The molecule has 1 saturated heterocycles. The van der Waals surface area contributed by atoms with Crippen LogP contribution in [0.15, 0.2) is 29.2 Å². The zero-order valence-electron chi connectivity index (χ0n) is 13.3. The number of hydrogen-bond donors (Lipinski definition) is 0. The maximum atomic E-state index is 12.6. The maximum Gasteiger partial charge on any atom is 0.243 e. The standard InChI is InChI=1S/C14H22N2O5S2/c1-13-4-3-5-14(12-13)23(19,20)16-8-6-15(7-9-16)22(17,18)11-10-21-2/h3-5,12H,6-11H2,1-2H3. The first-order chi connectivity index (χ1) is 10.8. The van der Waals surface area contributed by atoms with Gasteiger partial charge in [0.2, 0.25) is 20.0 Å². The maximum absolute atomic E-state index is 12.6. The van der Waals surface area contributed by atoms with Crippen molar-refractivity contribution in [3.8, 4) is 0 Å². The Morgan fingerprint density at radius 1 is 1.04 bits per heavy atom. The highest BCUT2D eigenvalue weighted by Gasteiger charge is 2.32. The van der Waals surface area contributed by atoms with Crippen LogP contribution in [0, 0.1) is 6.92 Å². The molecule has 0 atom stereocenters. The molecule has 0 bridgehead atoms. The molecule has 1 aromatic carbocycles. The quantitative estimate of drug-likeness (QED) is 0.726. The Balaban J connectivity index is 2.07. The highest BCUT2D eigenvalue weighted by molar-refractivity contribution is 7.89. The Morgan fingerprint density at radius 3 is 2.22 bits per heavy atom. The molecule has 1 aliphatic rings. The summed E-state index contributed by atoms with van der Waals surface area (Å²) in [7, 11) is -5.54. The van der Waals surface area contributed by atoms with Crippen LogP contribution in [0.3, 0.4) is 0 Å². The molecule has 0 saturated carbocycles. The van der Waals surface area contributed by atoms with Crippen molar-refractivity contribution in [2.24, 2.45) is 0 Å². The van der Waals surface area contributed by atoms with E-state index in [4.69, 9.17) is 4.74 Å². The van der Waals surface area contributed by atoms with Crippen molar-refractivity contribution >= 4 is 20.0 Å². The largest absolute Gasteiger partial charge is 0.384 e. The van der Waals surface area contributed by atoms with Crippen LogP contribution >= 0.6 is 0 Å². The second-order valence-corrected chi connectivity index (χ2v) is 9.45. The fourth-order valence-electron chi connectivity index (χ4n) is 2.43. The first-order valence-electron chi connectivity index (χ1n) is 7.31. The molecule has 0 aromatic heterocycles. The average Bonchev–Trinajstić information content (AvgIpc) is 2.53. The summed E-state index contributed by atoms with van der Waals surface area (Å²) in [6.07, 6.45) is 0. The van der Waals surface area contributed by atoms with E-state index < -0.39 is 20.0 Å². The van der Waals surface area contributed by atoms with Gasteiger partial charge in [-0.1, -0.05) is 12.1 Å². The smallest absolute Gasteiger partial charge is 0.243 e. The van der Waals surface area contributed by atoms with Crippen molar-refractivity contribution in [1.29, 1.82) is 0 Å². The predicted octanol–water partition coefficient (Wildman–Crippen LogP) is 0.278. The van der Waals surface area contributed by atoms with Gasteiger partial charge in [-0.3, -0.25) is 0 Å². The minimum atomic E-state index is -3.58. The summed E-state index contributed by atoms with van der Waals surface area (Å²) < 4.78 is 56.9. The van der Waals surface area contributed by atoms with Crippen molar-refractivity contribution in [3.05, 3.63) is 29.8 Å². The van der Waals surface area contributed by atoms with Crippen LogP contribution < -0.4 is 0 Å². The number of methoxy groups -OCH3 is 1. The molecule has 0 radical (unpaired) electrons. The molecule has 1 aromatic rings. The van der Waals surface area contributed by atoms with E-state index in [-0.39, 0.29) is 43.4 Å². The minimum Gasteiger partial charge on any atom is -0.384 e. The van der Waals surface area contributed by atoms with Gasteiger partial charge in [0, 0.05) is 33.3 Å². The lowest BCUT2D eigenvalue weighted by Gasteiger charge is -2.33. The molecule has 0 unspecified atom stereocenters. The van der Waals surface area contributed by atoms with E-state index in [0.29, 0.717) is 0 Å². The molecule has 1 heterocycles. The molecule has 7 nitrogen and oxygen atoms in total. The van der Waals surface area contributed by atoms with Gasteiger partial charge in [0.05, 0.1) is 17.3 Å². The molecule has 0 aliphatic carbocycles. The molecule has 2 rings (SSSR count). The number of rotatable bonds is 6. The third-order valence-corrected chi connectivity index (χ3v) is 7.49. The van der Waals surface area contributed by atoms with Crippen molar-refractivity contribution in [1.82, 2.24) is 8.61 Å². The van der Waals surface area contributed by atoms with Gasteiger partial charge in [-0.05, 0) is 24.6 Å². The van der Waals surface area contributed by atoms with Gasteiger partial charge in [-0.2, -0.15) is 8.61 Å². The number of piperazine rings is 1. The average molecular weight is 362 g/mol. The van der Waals surface area contributed by atoms with Gasteiger partial charge < -0.3 is 4.74 Å². The lowest BCUT2D eigenvalue weighted by Crippen LogP contribution is -2.51. The zero-order valence-corrected chi connectivity index (χ0v) is 14.9. The summed E-state index contributed by atoms with van der Waals surface area (Å²) in [4.78, 5) is 0.244. The SMILES string of the molecule is COCCS(=O)(=O)N1CCN(S(=O)(=O)c2cccc(C)c2)CC1. The Labute approximate surface area is 137 Å². The molecule has 130 valence electrons. The highest BCUT2D eigenvalue weighted by atomic mass is 32.2. The number of benzene rings is 1. The number of ether oxygens (including phenoxy) is 1. The monoisotopic (exact) mass is 362 g/mol. The fourth-order valence-corrected chi connectivity index (χ4v) is 5.31. The summed E-state index contributed by atoms with van der Waals surface area (Å²) in [5, 5.41) is 0. The van der Waals surface area contributed by atoms with E-state index in [2.05, 4.69) is 0 Å². The number of sulfonamides is 2. The van der Waals surface area contributed by atoms with Gasteiger partial charge in [0.15, 0.2) is 0 Å². The van der Waals surface area contributed by atoms with E-state index >= 15 is 0 Å². The van der Waals surface area contributed by atoms with Gasteiger partial charge in [-0.15, -0.1) is 0 Å². The summed E-state index contributed by atoms with van der Waals surface area (Å²) in [6, 6.07) is 6.72. The lowest BCUT2D eigenvalue weighted by molar-refractivity contribution is 0.213. The number of hydrogen-bond acceptors (Lipinski definition) is 5. The van der Waals surface area contributed by atoms with E-state index in [1.54, 1.807) is 18.2 Å². The van der Waals surface area contributed by atoms with Gasteiger partial charge >= 0.3 is 0 Å². The van der Waals surface area contributed by atoms with E-state index in [1.165, 1.54) is 15.7 Å². The van der Waals surface area contributed by atoms with Crippen LogP contribution in [0.1, 0.15) is 5.56 Å². The third-order valence-electron chi connectivity index (χ3n) is 3.76. The number of nitrogens with zero attached hydrogens (tertiary/aromatic N) is 2. The third kappa shape index (κ3) is 4.30. The fraction of sp³-hybridized carbons (Fsp3) is 0.571. The molecular formula is C14H22N2O5S2. The molecule has 23 heavy (non-hydrogen) atoms. The second kappa shape index (κ2) is 7.27. The van der Waals surface area contributed by atoms with Crippen LogP contribution in [0.2, 0.25) is 0 Å². The van der Waals surface area contributed by atoms with Gasteiger partial charge in [0.1, 0.15) is 0 Å². The summed E-state index contributed by atoms with van der Waals surface area (Å²) in [5.74, 6) is -0.0892. The van der Waals surface area contributed by atoms with Crippen LogP contribution in [-0.2, 0) is 24.8 Å². The summed E-state index contributed by atoms with van der Waals surface area (Å²) >= 11 is 0. The minimum absolute atomic E-state index is 0.0892. The Morgan fingerprint density at radius 2 is 1.65 bits per heavy atom. The van der Waals surface area contributed by atoms with Crippen molar-refractivity contribution in [3.63, 3.8) is 0 Å². The first-order valence-corrected chi connectivity index (χ1v) is 10.4. The molecule has 1 fully saturated rings. The molecule has 0 spiro atoms. The highest BCUT2D eigenvalue weighted by Crippen LogP contribution is 2.19. The van der Waals surface area contributed by atoms with Crippen molar-refractivity contribution < 1.29 is 21.6 Å². The molecule has 1 aliphatic heterocycles. The van der Waals surface area contributed by atoms with E-state index in [0.717, 1.165) is 5.56 Å². The van der Waals surface area contributed by atoms with Crippen LogP contribution in [0.4, 0.5) is 0 Å². The van der Waals surface area contributed by atoms with Crippen LogP contribution in [0.5, 0.6) is 0 Å². The summed E-state index contributed by atoms with van der Waals surface area (Å²) in [5.41, 5.74) is 0.867. The number of aryl methyl sites for hydroxylation is 1. The topological polar surface area (TPSA) is 84.0 Å². The van der Waals surface area contributed by atoms with Crippen LogP contribution in [-0.4, -0.2) is 71.1 Å². The van der Waals surface area contributed by atoms with Gasteiger partial charge in [-0.25, -0.2) is 16.8 Å². The summed E-state index contributed by atoms with van der Waals surface area (Å²) in [6.45, 7) is 2.60. The molecule has 9 heteroatoms. The lowest BCUT2D eigenvalue weighted by atomic mass is 10.2. The normalized spacial score (nSPS) is 18.2. The van der Waals surface area contributed by atoms with Gasteiger partial charge in [0.25, 0.3) is 0 Å². The predicted molar refractivity (Wildman–Crippen MR) is 87.2 cm³/mol. The molecular weight excluding hydrogens is 340 g/mol. The Hall–Kier alpha value is -1.00. The van der Waals surface area contributed by atoms with Crippen molar-refractivity contribution in [2.75, 3.05) is 45.6 Å². The van der Waals surface area contributed by atoms with Crippen LogP contribution in [0.25, 0.3) is 0 Å².